The molecule has 1 aromatic rings. The maximum Gasteiger partial charge on any atom is 0.336 e. The van der Waals surface area contributed by atoms with Crippen molar-refractivity contribution < 1.29 is 19.8 Å². The highest BCUT2D eigenvalue weighted by Crippen LogP contribution is 2.20. The zero-order valence-corrected chi connectivity index (χ0v) is 8.49. The number of carboxylic acid groups (broad SMARTS) is 2. The second kappa shape index (κ2) is 3.94. The Morgan fingerprint density at radius 1 is 1.06 bits per heavy atom. The molecule has 0 saturated heterocycles. The summed E-state index contributed by atoms with van der Waals surface area (Å²) in [5, 5.41) is 21.0. The summed E-state index contributed by atoms with van der Waals surface area (Å²) in [6.07, 6.45) is 0.732. The van der Waals surface area contributed by atoms with Crippen LogP contribution in [0.1, 0.15) is 31.8 Å². The third-order valence-electron chi connectivity index (χ3n) is 2.69. The molecular weight excluding hydrogens is 210 g/mol. The highest BCUT2D eigenvalue weighted by Gasteiger charge is 2.20. The van der Waals surface area contributed by atoms with Gasteiger partial charge in [-0.25, -0.2) is 9.59 Å². The molecule has 1 heterocycles. The van der Waals surface area contributed by atoms with E-state index in [0.717, 1.165) is 24.1 Å². The molecule has 0 atom stereocenters. The zero-order valence-electron chi connectivity index (χ0n) is 8.49. The Balaban J connectivity index is 2.59. The van der Waals surface area contributed by atoms with Crippen LogP contribution in [0.15, 0.2) is 12.1 Å². The molecule has 3 N–H and O–H groups in total. The average Bonchev–Trinajstić information content (AvgIpc) is 2.27. The van der Waals surface area contributed by atoms with E-state index in [1.807, 2.05) is 0 Å². The van der Waals surface area contributed by atoms with Crippen molar-refractivity contribution in [2.24, 2.45) is 0 Å². The summed E-state index contributed by atoms with van der Waals surface area (Å²) in [7, 11) is 0. The fraction of sp³-hybridized carbons (Fsp3) is 0.273. The van der Waals surface area contributed by atoms with Crippen molar-refractivity contribution in [1.82, 2.24) is 5.32 Å². The summed E-state index contributed by atoms with van der Waals surface area (Å²) in [5.74, 6) is -2.40. The van der Waals surface area contributed by atoms with Crippen molar-refractivity contribution in [1.29, 1.82) is 0 Å². The molecule has 0 bridgehead atoms. The Morgan fingerprint density at radius 3 is 2.19 bits per heavy atom. The first-order valence-electron chi connectivity index (χ1n) is 4.92. The van der Waals surface area contributed by atoms with Crippen LogP contribution in [-0.4, -0.2) is 28.7 Å². The lowest BCUT2D eigenvalue weighted by atomic mass is 9.94. The first kappa shape index (κ1) is 10.6. The fourth-order valence-corrected chi connectivity index (χ4v) is 1.89. The molecule has 0 aliphatic carbocycles. The molecule has 1 aliphatic rings. The van der Waals surface area contributed by atoms with Crippen molar-refractivity contribution in [3.8, 4) is 0 Å². The molecule has 0 amide bonds. The lowest BCUT2D eigenvalue weighted by Gasteiger charge is -2.18. The van der Waals surface area contributed by atoms with Gasteiger partial charge in [0.2, 0.25) is 0 Å². The molecule has 0 unspecified atom stereocenters. The Hall–Kier alpha value is -1.88. The van der Waals surface area contributed by atoms with Crippen LogP contribution in [0.3, 0.4) is 0 Å². The van der Waals surface area contributed by atoms with Gasteiger partial charge >= 0.3 is 11.9 Å². The van der Waals surface area contributed by atoms with Gasteiger partial charge < -0.3 is 15.5 Å². The minimum atomic E-state index is -1.20. The highest BCUT2D eigenvalue weighted by atomic mass is 16.4. The summed E-state index contributed by atoms with van der Waals surface area (Å²) in [5.41, 5.74) is 1.51. The minimum absolute atomic E-state index is 0.131. The van der Waals surface area contributed by atoms with Crippen LogP contribution in [0.5, 0.6) is 0 Å². The topological polar surface area (TPSA) is 86.6 Å². The van der Waals surface area contributed by atoms with E-state index in [2.05, 4.69) is 5.32 Å². The minimum Gasteiger partial charge on any atom is -0.478 e. The van der Waals surface area contributed by atoms with Gasteiger partial charge in [-0.3, -0.25) is 0 Å². The number of benzene rings is 1. The summed E-state index contributed by atoms with van der Waals surface area (Å²) in [6, 6.07) is 2.93. The van der Waals surface area contributed by atoms with Crippen LogP contribution in [0.4, 0.5) is 0 Å². The molecule has 1 aliphatic heterocycles. The molecule has 2 rings (SSSR count). The van der Waals surface area contributed by atoms with E-state index in [0.29, 0.717) is 6.54 Å². The highest BCUT2D eigenvalue weighted by molar-refractivity contribution is 6.02. The number of carboxylic acids is 2. The molecule has 0 saturated carbocycles. The number of rotatable bonds is 2. The molecular formula is C11H11NO4. The Bertz CT molecular complexity index is 424. The Morgan fingerprint density at radius 2 is 1.62 bits per heavy atom. The molecule has 0 aromatic heterocycles. The summed E-state index contributed by atoms with van der Waals surface area (Å²) in [4.78, 5) is 21.9. The SMILES string of the molecule is O=C(O)c1cc2c(cc1C(=O)O)CNCC2. The van der Waals surface area contributed by atoms with Crippen molar-refractivity contribution >= 4 is 11.9 Å². The monoisotopic (exact) mass is 221 g/mol. The third kappa shape index (κ3) is 1.77. The van der Waals surface area contributed by atoms with Gasteiger partial charge in [0.15, 0.2) is 0 Å². The summed E-state index contributed by atoms with van der Waals surface area (Å²) < 4.78 is 0. The standard InChI is InChI=1S/C11H11NO4/c13-10(14)8-3-6-1-2-12-5-7(6)4-9(8)11(15)16/h3-4,12H,1-2,5H2,(H,13,14)(H,15,16). The second-order valence-electron chi connectivity index (χ2n) is 3.70. The molecule has 5 nitrogen and oxygen atoms in total. The maximum absolute atomic E-state index is 10.9. The molecule has 0 fully saturated rings. The van der Waals surface area contributed by atoms with Crippen LogP contribution in [0.25, 0.3) is 0 Å². The fourth-order valence-electron chi connectivity index (χ4n) is 1.89. The number of hydrogen-bond donors (Lipinski definition) is 3. The van der Waals surface area contributed by atoms with Crippen molar-refractivity contribution in [3.05, 3.63) is 34.4 Å². The van der Waals surface area contributed by atoms with Gasteiger partial charge in [0.05, 0.1) is 11.1 Å². The lowest BCUT2D eigenvalue weighted by molar-refractivity contribution is 0.0651. The zero-order chi connectivity index (χ0) is 11.7. The predicted octanol–water partition coefficient (Wildman–Crippen LogP) is 0.729. The number of aromatic carboxylic acids is 2. The Kier molecular flexibility index (Phi) is 2.62. The van der Waals surface area contributed by atoms with Crippen LogP contribution < -0.4 is 5.32 Å². The maximum atomic E-state index is 10.9. The molecule has 5 heteroatoms. The van der Waals surface area contributed by atoms with Crippen LogP contribution in [-0.2, 0) is 13.0 Å². The molecule has 84 valence electrons. The van der Waals surface area contributed by atoms with Gasteiger partial charge in [-0.15, -0.1) is 0 Å². The van der Waals surface area contributed by atoms with E-state index >= 15 is 0 Å². The van der Waals surface area contributed by atoms with Crippen molar-refractivity contribution in [3.63, 3.8) is 0 Å². The largest absolute Gasteiger partial charge is 0.478 e. The van der Waals surface area contributed by atoms with Gasteiger partial charge in [0, 0.05) is 6.54 Å². The van der Waals surface area contributed by atoms with Crippen LogP contribution in [0, 0.1) is 0 Å². The summed E-state index contributed by atoms with van der Waals surface area (Å²) in [6.45, 7) is 1.38. The average molecular weight is 221 g/mol. The van der Waals surface area contributed by atoms with E-state index in [-0.39, 0.29) is 11.1 Å². The molecule has 0 radical (unpaired) electrons. The number of nitrogens with one attached hydrogen (secondary N) is 1. The van der Waals surface area contributed by atoms with E-state index in [9.17, 15) is 9.59 Å². The van der Waals surface area contributed by atoms with Crippen molar-refractivity contribution in [2.45, 2.75) is 13.0 Å². The lowest BCUT2D eigenvalue weighted by Crippen LogP contribution is -2.25. The van der Waals surface area contributed by atoms with Crippen LogP contribution in [0.2, 0.25) is 0 Å². The molecule has 0 spiro atoms. The van der Waals surface area contributed by atoms with E-state index in [4.69, 9.17) is 10.2 Å². The van der Waals surface area contributed by atoms with Crippen molar-refractivity contribution in [2.75, 3.05) is 6.54 Å². The third-order valence-corrected chi connectivity index (χ3v) is 2.69. The number of carbonyl (C=O) groups is 2. The van der Waals surface area contributed by atoms with Crippen LogP contribution >= 0.6 is 0 Å². The molecule has 1 aromatic carbocycles. The number of hydrogen-bond acceptors (Lipinski definition) is 3. The first-order valence-corrected chi connectivity index (χ1v) is 4.92. The Labute approximate surface area is 91.7 Å². The van der Waals surface area contributed by atoms with Gasteiger partial charge in [0.1, 0.15) is 0 Å². The van der Waals surface area contributed by atoms with E-state index in [1.165, 1.54) is 12.1 Å². The first-order chi connectivity index (χ1) is 7.59. The number of fused-ring (bicyclic) bond motifs is 1. The van der Waals surface area contributed by atoms with Gasteiger partial charge in [-0.1, -0.05) is 0 Å². The second-order valence-corrected chi connectivity index (χ2v) is 3.70. The van der Waals surface area contributed by atoms with E-state index in [1.54, 1.807) is 0 Å². The van der Waals surface area contributed by atoms with Gasteiger partial charge in [0.25, 0.3) is 0 Å². The summed E-state index contributed by atoms with van der Waals surface area (Å²) >= 11 is 0. The normalized spacial score (nSPS) is 14.2. The van der Waals surface area contributed by atoms with Gasteiger partial charge in [-0.05, 0) is 36.2 Å². The quantitative estimate of drug-likeness (QED) is 0.685. The van der Waals surface area contributed by atoms with E-state index < -0.39 is 11.9 Å². The molecule has 16 heavy (non-hydrogen) atoms. The predicted molar refractivity (Wildman–Crippen MR) is 55.8 cm³/mol. The smallest absolute Gasteiger partial charge is 0.336 e. The van der Waals surface area contributed by atoms with Gasteiger partial charge in [-0.2, -0.15) is 0 Å².